The van der Waals surface area contributed by atoms with E-state index in [4.69, 9.17) is 23.2 Å². The highest BCUT2D eigenvalue weighted by molar-refractivity contribution is 6.31. The van der Waals surface area contributed by atoms with Crippen LogP contribution in [0.2, 0.25) is 10.0 Å². The Bertz CT molecular complexity index is 1220. The van der Waals surface area contributed by atoms with Crippen molar-refractivity contribution in [3.05, 3.63) is 63.4 Å². The number of aliphatic hydroxyl groups is 2. The Morgan fingerprint density at radius 1 is 1.18 bits per heavy atom. The number of hydrogen-bond donors (Lipinski definition) is 5. The van der Waals surface area contributed by atoms with E-state index in [1.165, 1.54) is 6.07 Å². The van der Waals surface area contributed by atoms with Gasteiger partial charge in [-0.2, -0.15) is 0 Å². The third-order valence-electron chi connectivity index (χ3n) is 9.21. The summed E-state index contributed by atoms with van der Waals surface area (Å²) in [7, 11) is 0. The third kappa shape index (κ3) is 4.50. The molecule has 9 heteroatoms. The minimum atomic E-state index is -0.915. The number of aliphatic hydroxyl groups excluding tert-OH is 2. The van der Waals surface area contributed by atoms with Crippen molar-refractivity contribution in [2.75, 3.05) is 25.0 Å². The summed E-state index contributed by atoms with van der Waals surface area (Å²) in [5, 5.41) is 29.8. The van der Waals surface area contributed by atoms with Gasteiger partial charge in [-0.3, -0.25) is 10.1 Å². The van der Waals surface area contributed by atoms with Crippen molar-refractivity contribution in [1.29, 1.82) is 0 Å². The molecular weight excluding hydrogens is 528 g/mol. The van der Waals surface area contributed by atoms with E-state index in [1.807, 2.05) is 18.2 Å². The summed E-state index contributed by atoms with van der Waals surface area (Å²) in [6, 6.07) is 10.1. The molecule has 2 fully saturated rings. The van der Waals surface area contributed by atoms with Crippen molar-refractivity contribution in [3.8, 4) is 0 Å². The number of nitrogens with one attached hydrogen (secondary N) is 3. The molecule has 0 bridgehead atoms. The highest BCUT2D eigenvalue weighted by atomic mass is 35.5. The fraction of sp³-hybridized carbons (Fsp3) is 0.552. The fourth-order valence-corrected chi connectivity index (χ4v) is 7.46. The Balaban J connectivity index is 1.66. The summed E-state index contributed by atoms with van der Waals surface area (Å²) in [5.74, 6) is -1.33. The van der Waals surface area contributed by atoms with Crippen LogP contribution in [0.1, 0.15) is 63.0 Å². The van der Waals surface area contributed by atoms with E-state index in [2.05, 4.69) is 29.8 Å². The highest BCUT2D eigenvalue weighted by Crippen LogP contribution is 2.63. The zero-order valence-electron chi connectivity index (χ0n) is 21.8. The van der Waals surface area contributed by atoms with Crippen molar-refractivity contribution in [2.24, 2.45) is 5.41 Å². The second-order valence-electron chi connectivity index (χ2n) is 11.9. The number of rotatable bonds is 6. The molecule has 2 spiro atoms. The predicted octanol–water partition coefficient (Wildman–Crippen LogP) is 4.75. The molecule has 2 aromatic carbocycles. The summed E-state index contributed by atoms with van der Waals surface area (Å²) < 4.78 is 15.9. The van der Waals surface area contributed by atoms with Gasteiger partial charge in [0.25, 0.3) is 0 Å². The van der Waals surface area contributed by atoms with Crippen LogP contribution >= 0.6 is 23.2 Å². The third-order valence-corrected chi connectivity index (χ3v) is 9.74. The van der Waals surface area contributed by atoms with Gasteiger partial charge in [-0.25, -0.2) is 4.39 Å². The average molecular weight is 565 g/mol. The van der Waals surface area contributed by atoms with Crippen molar-refractivity contribution in [1.82, 2.24) is 10.6 Å². The molecule has 0 unspecified atom stereocenters. The number of carbonyl (C=O) groups is 1. The van der Waals surface area contributed by atoms with Crippen LogP contribution in [0.5, 0.6) is 0 Å². The highest BCUT2D eigenvalue weighted by Gasteiger charge is 2.68. The maximum Gasteiger partial charge on any atom is 0.237 e. The Morgan fingerprint density at radius 3 is 2.63 bits per heavy atom. The van der Waals surface area contributed by atoms with Crippen molar-refractivity contribution in [2.45, 2.75) is 75.0 Å². The van der Waals surface area contributed by atoms with Crippen molar-refractivity contribution in [3.63, 3.8) is 0 Å². The number of fused-ring (bicyclic) bond motifs is 3. The van der Waals surface area contributed by atoms with Crippen LogP contribution in [0.4, 0.5) is 10.1 Å². The molecule has 3 aliphatic rings. The van der Waals surface area contributed by atoms with Crippen LogP contribution in [0.15, 0.2) is 36.4 Å². The first kappa shape index (κ1) is 27.7. The van der Waals surface area contributed by atoms with Gasteiger partial charge in [0.05, 0.1) is 23.8 Å². The lowest BCUT2D eigenvalue weighted by molar-refractivity contribution is -0.123. The summed E-state index contributed by atoms with van der Waals surface area (Å²) in [4.78, 5) is 13.8. The van der Waals surface area contributed by atoms with Crippen LogP contribution in [0.25, 0.3) is 0 Å². The van der Waals surface area contributed by atoms with E-state index in [-0.39, 0.29) is 35.9 Å². The smallest absolute Gasteiger partial charge is 0.237 e. The van der Waals surface area contributed by atoms with Gasteiger partial charge < -0.3 is 20.8 Å². The maximum atomic E-state index is 15.9. The van der Waals surface area contributed by atoms with Crippen LogP contribution in [0.3, 0.4) is 0 Å². The zero-order valence-corrected chi connectivity index (χ0v) is 23.3. The molecule has 2 aromatic rings. The number of amides is 1. The molecule has 1 saturated carbocycles. The van der Waals surface area contributed by atoms with Crippen LogP contribution < -0.4 is 16.0 Å². The lowest BCUT2D eigenvalue weighted by Gasteiger charge is -2.51. The van der Waals surface area contributed by atoms with E-state index in [0.29, 0.717) is 17.1 Å². The summed E-state index contributed by atoms with van der Waals surface area (Å²) in [6.45, 7) is 4.89. The molecule has 5 N–H and O–H groups in total. The predicted molar refractivity (Wildman–Crippen MR) is 148 cm³/mol. The molecule has 2 aliphatic heterocycles. The first-order valence-electron chi connectivity index (χ1n) is 13.4. The largest absolute Gasteiger partial charge is 0.394 e. The first-order valence-corrected chi connectivity index (χ1v) is 14.1. The Hall–Kier alpha value is -1.90. The molecular formula is C29H36Cl2FN3O3. The van der Waals surface area contributed by atoms with Gasteiger partial charge in [0.2, 0.25) is 5.91 Å². The van der Waals surface area contributed by atoms with Gasteiger partial charge in [0.1, 0.15) is 5.82 Å². The standard InChI is InChI=1S/C29H36Cl2FN3O3/c1-27(2)9-11-28(12-10-27)29(16-34-22-14-17(30)6-7-20(22)29)23(19-4-3-5-21(31)24(19)32)25(35-28)26(38)33-13-8-18(37)15-36/h3-7,14,18,23,25,34-37H,8-13,15-16H2,1-2H3,(H,33,38)/t18-,23-,25+,29+/m0/s1. The van der Waals surface area contributed by atoms with Crippen LogP contribution in [-0.4, -0.2) is 53.5 Å². The normalized spacial score (nSPS) is 27.8. The average Bonchev–Trinajstić information content (AvgIpc) is 3.39. The van der Waals surface area contributed by atoms with E-state index in [1.54, 1.807) is 12.1 Å². The van der Waals surface area contributed by atoms with Crippen molar-refractivity contribution < 1.29 is 19.4 Å². The molecule has 1 saturated heterocycles. The summed E-state index contributed by atoms with van der Waals surface area (Å²) in [6.07, 6.45) is 2.89. The molecule has 0 radical (unpaired) electrons. The number of hydrogen-bond acceptors (Lipinski definition) is 5. The Morgan fingerprint density at radius 2 is 1.92 bits per heavy atom. The second-order valence-corrected chi connectivity index (χ2v) is 12.8. The van der Waals surface area contributed by atoms with E-state index in [9.17, 15) is 15.0 Å². The minimum Gasteiger partial charge on any atom is -0.394 e. The quantitative estimate of drug-likeness (QED) is 0.349. The van der Waals surface area contributed by atoms with Crippen molar-refractivity contribution >= 4 is 34.8 Å². The lowest BCUT2D eigenvalue weighted by atomic mass is 9.53. The molecule has 1 aliphatic carbocycles. The monoisotopic (exact) mass is 563 g/mol. The Kier molecular flexibility index (Phi) is 7.46. The fourth-order valence-electron chi connectivity index (χ4n) is 7.11. The van der Waals surface area contributed by atoms with Gasteiger partial charge in [-0.1, -0.05) is 55.2 Å². The zero-order chi connectivity index (χ0) is 27.3. The van der Waals surface area contributed by atoms with Crippen LogP contribution in [0, 0.1) is 11.2 Å². The van der Waals surface area contributed by atoms with Crippen LogP contribution in [-0.2, 0) is 10.2 Å². The summed E-state index contributed by atoms with van der Waals surface area (Å²) in [5.41, 5.74) is 1.40. The lowest BCUT2D eigenvalue weighted by Crippen LogP contribution is -2.59. The van der Waals surface area contributed by atoms with Gasteiger partial charge in [-0.05, 0) is 66.8 Å². The van der Waals surface area contributed by atoms with Gasteiger partial charge in [-0.15, -0.1) is 0 Å². The molecule has 4 atom stereocenters. The second kappa shape index (κ2) is 10.3. The van der Waals surface area contributed by atoms with Gasteiger partial charge >= 0.3 is 0 Å². The SMILES string of the molecule is CC1(C)CCC2(CC1)N[C@@H](C(=O)NCC[C@H](O)CO)[C@H](c1cccc(Cl)c1F)[C@]21CNc2cc(Cl)ccc21. The number of carbonyl (C=O) groups excluding carboxylic acids is 1. The van der Waals surface area contributed by atoms with E-state index >= 15 is 4.39 Å². The van der Waals surface area contributed by atoms with E-state index in [0.717, 1.165) is 36.9 Å². The molecule has 5 rings (SSSR count). The maximum absolute atomic E-state index is 15.9. The molecule has 6 nitrogen and oxygen atoms in total. The topological polar surface area (TPSA) is 93.6 Å². The number of anilines is 1. The van der Waals surface area contributed by atoms with Gasteiger partial charge in [0.15, 0.2) is 0 Å². The molecule has 38 heavy (non-hydrogen) atoms. The Labute approximate surface area is 233 Å². The van der Waals surface area contributed by atoms with E-state index < -0.39 is 34.8 Å². The number of benzene rings is 2. The summed E-state index contributed by atoms with van der Waals surface area (Å²) >= 11 is 12.7. The minimum absolute atomic E-state index is 0.0240. The molecule has 2 heterocycles. The molecule has 206 valence electrons. The molecule has 1 amide bonds. The molecule has 0 aromatic heterocycles. The van der Waals surface area contributed by atoms with Gasteiger partial charge in [0, 0.05) is 40.7 Å². The number of halogens is 3. The first-order chi connectivity index (χ1) is 18.0.